The molecule has 11 heteroatoms. The lowest BCUT2D eigenvalue weighted by atomic mass is 9.91. The number of nitrogens with zero attached hydrogens (tertiary/aromatic N) is 2. The van der Waals surface area contributed by atoms with Crippen LogP contribution in [0.15, 0.2) is 73.1 Å². The maximum Gasteiger partial charge on any atom is 0.417 e. The number of nitrogens with one attached hydrogen (secondary N) is 2. The molecule has 200 valence electrons. The van der Waals surface area contributed by atoms with Crippen molar-refractivity contribution in [3.63, 3.8) is 0 Å². The zero-order valence-corrected chi connectivity index (χ0v) is 20.8. The molecule has 0 fully saturated rings. The summed E-state index contributed by atoms with van der Waals surface area (Å²) in [7, 11) is 0. The topological polar surface area (TPSA) is 125 Å². The second-order valence-corrected chi connectivity index (χ2v) is 9.15. The van der Waals surface area contributed by atoms with E-state index in [4.69, 9.17) is 11.1 Å². The van der Waals surface area contributed by atoms with Crippen molar-refractivity contribution in [3.8, 4) is 22.5 Å². The van der Waals surface area contributed by atoms with Crippen LogP contribution in [-0.2, 0) is 6.18 Å². The van der Waals surface area contributed by atoms with Crippen molar-refractivity contribution >= 4 is 23.0 Å². The van der Waals surface area contributed by atoms with Crippen molar-refractivity contribution in [3.05, 3.63) is 95.6 Å². The molecule has 1 amide bonds. The zero-order valence-electron chi connectivity index (χ0n) is 20.8. The van der Waals surface area contributed by atoms with E-state index >= 15 is 4.39 Å². The van der Waals surface area contributed by atoms with Crippen LogP contribution in [0.25, 0.3) is 22.5 Å². The average Bonchev–Trinajstić information content (AvgIpc) is 2.89. The van der Waals surface area contributed by atoms with Crippen LogP contribution in [0.1, 0.15) is 35.3 Å². The molecule has 1 heterocycles. The molecule has 7 nitrogen and oxygen atoms in total. The highest BCUT2D eigenvalue weighted by atomic mass is 19.4. The van der Waals surface area contributed by atoms with Crippen molar-refractivity contribution in [1.29, 1.82) is 5.41 Å². The van der Waals surface area contributed by atoms with Crippen molar-refractivity contribution in [2.75, 3.05) is 11.1 Å². The van der Waals surface area contributed by atoms with Gasteiger partial charge in [0.25, 0.3) is 5.91 Å². The second kappa shape index (κ2) is 10.3. The standard InChI is InChI=1S/C28H23F4N5O2/c1-27(2,39)24(34)17-10-9-16(15-7-4-3-5-8-15)23(22(17)33)37-26(38)19-13-18(25-35-11-6-12-36-25)20(14-21(19)29)28(30,31)32/h3-14,34,39H,33H2,1-2H3,(H,37,38). The number of anilines is 2. The lowest BCUT2D eigenvalue weighted by Gasteiger charge is -2.23. The van der Waals surface area contributed by atoms with Gasteiger partial charge >= 0.3 is 6.18 Å². The summed E-state index contributed by atoms with van der Waals surface area (Å²) < 4.78 is 56.2. The van der Waals surface area contributed by atoms with Gasteiger partial charge in [-0.3, -0.25) is 4.79 Å². The van der Waals surface area contributed by atoms with Crippen molar-refractivity contribution in [2.45, 2.75) is 25.6 Å². The van der Waals surface area contributed by atoms with Gasteiger partial charge in [-0.1, -0.05) is 42.5 Å². The first-order valence-electron chi connectivity index (χ1n) is 11.6. The number of hydrogen-bond donors (Lipinski definition) is 4. The first-order chi connectivity index (χ1) is 18.3. The Labute approximate surface area is 220 Å². The Morgan fingerprint density at radius 2 is 1.59 bits per heavy atom. The molecule has 39 heavy (non-hydrogen) atoms. The molecule has 0 spiro atoms. The number of aromatic nitrogens is 2. The number of hydrogen-bond acceptors (Lipinski definition) is 6. The summed E-state index contributed by atoms with van der Waals surface area (Å²) in [6, 6.07) is 14.2. The predicted molar refractivity (Wildman–Crippen MR) is 140 cm³/mol. The number of rotatable bonds is 6. The largest absolute Gasteiger partial charge is 0.417 e. The van der Waals surface area contributed by atoms with Crippen LogP contribution in [-0.4, -0.2) is 32.3 Å². The molecule has 0 bridgehead atoms. The SMILES string of the molecule is CC(C)(O)C(=N)c1ccc(-c2ccccc2)c(NC(=O)c2cc(-c3ncccn3)c(C(F)(F)F)cc2F)c1N. The van der Waals surface area contributed by atoms with Gasteiger partial charge in [0.05, 0.1) is 28.2 Å². The number of alkyl halides is 3. The van der Waals surface area contributed by atoms with E-state index in [9.17, 15) is 23.1 Å². The molecular weight excluding hydrogens is 514 g/mol. The molecule has 0 aliphatic carbocycles. The molecule has 1 aromatic heterocycles. The third-order valence-corrected chi connectivity index (χ3v) is 5.91. The van der Waals surface area contributed by atoms with E-state index in [0.717, 1.165) is 6.07 Å². The summed E-state index contributed by atoms with van der Waals surface area (Å²) in [5, 5.41) is 21.2. The molecule has 0 atom stereocenters. The maximum absolute atomic E-state index is 15.0. The summed E-state index contributed by atoms with van der Waals surface area (Å²) in [6.07, 6.45) is -2.50. The number of carbonyl (C=O) groups is 1. The average molecular weight is 538 g/mol. The Kier molecular flexibility index (Phi) is 7.21. The molecule has 0 aliphatic heterocycles. The van der Waals surface area contributed by atoms with Gasteiger partial charge in [0.1, 0.15) is 11.4 Å². The normalized spacial score (nSPS) is 11.8. The quantitative estimate of drug-likeness (QED) is 0.138. The minimum Gasteiger partial charge on any atom is -0.396 e. The van der Waals surface area contributed by atoms with Gasteiger partial charge < -0.3 is 21.6 Å². The van der Waals surface area contributed by atoms with Crippen LogP contribution < -0.4 is 11.1 Å². The van der Waals surface area contributed by atoms with E-state index in [1.54, 1.807) is 36.4 Å². The van der Waals surface area contributed by atoms with E-state index in [1.165, 1.54) is 38.4 Å². The molecule has 4 rings (SSSR count). The fraction of sp³-hybridized carbons (Fsp3) is 0.143. The third kappa shape index (κ3) is 5.63. The van der Waals surface area contributed by atoms with Crippen LogP contribution in [0.3, 0.4) is 0 Å². The van der Waals surface area contributed by atoms with E-state index in [-0.39, 0.29) is 34.5 Å². The van der Waals surface area contributed by atoms with Crippen LogP contribution in [0.2, 0.25) is 0 Å². The zero-order chi connectivity index (χ0) is 28.5. The van der Waals surface area contributed by atoms with E-state index in [0.29, 0.717) is 11.1 Å². The van der Waals surface area contributed by atoms with Crippen LogP contribution >= 0.6 is 0 Å². The summed E-state index contributed by atoms with van der Waals surface area (Å²) >= 11 is 0. The molecular formula is C28H23F4N5O2. The van der Waals surface area contributed by atoms with Gasteiger partial charge in [0, 0.05) is 29.1 Å². The number of nitrogen functional groups attached to an aromatic ring is 1. The number of carbonyl (C=O) groups excluding carboxylic acids is 1. The van der Waals surface area contributed by atoms with Crippen molar-refractivity contribution in [1.82, 2.24) is 9.97 Å². The van der Waals surface area contributed by atoms with E-state index in [1.807, 2.05) is 0 Å². The number of benzene rings is 3. The second-order valence-electron chi connectivity index (χ2n) is 9.15. The minimum absolute atomic E-state index is 0.00508. The lowest BCUT2D eigenvalue weighted by molar-refractivity contribution is -0.137. The molecule has 0 unspecified atom stereocenters. The number of halogens is 4. The van der Waals surface area contributed by atoms with Crippen LogP contribution in [0.4, 0.5) is 28.9 Å². The molecule has 0 radical (unpaired) electrons. The fourth-order valence-corrected chi connectivity index (χ4v) is 3.95. The van der Waals surface area contributed by atoms with Gasteiger partial charge in [-0.15, -0.1) is 0 Å². The molecule has 5 N–H and O–H groups in total. The number of amides is 1. The van der Waals surface area contributed by atoms with E-state index in [2.05, 4.69) is 15.3 Å². The Bertz CT molecular complexity index is 1550. The van der Waals surface area contributed by atoms with Gasteiger partial charge in [-0.25, -0.2) is 14.4 Å². The first kappa shape index (κ1) is 27.4. The van der Waals surface area contributed by atoms with Gasteiger partial charge in [0.2, 0.25) is 0 Å². The summed E-state index contributed by atoms with van der Waals surface area (Å²) in [5.41, 5.74) is 2.97. The fourth-order valence-electron chi connectivity index (χ4n) is 3.95. The first-order valence-corrected chi connectivity index (χ1v) is 11.6. The molecule has 0 aliphatic rings. The monoisotopic (exact) mass is 537 g/mol. The summed E-state index contributed by atoms with van der Waals surface area (Å²) in [5.74, 6) is -2.85. The van der Waals surface area contributed by atoms with E-state index < -0.39 is 40.2 Å². The maximum atomic E-state index is 15.0. The minimum atomic E-state index is -4.94. The van der Waals surface area contributed by atoms with Gasteiger partial charge in [0.15, 0.2) is 5.82 Å². The number of aliphatic hydroxyl groups is 1. The van der Waals surface area contributed by atoms with Crippen molar-refractivity contribution < 1.29 is 27.5 Å². The van der Waals surface area contributed by atoms with Crippen LogP contribution in [0, 0.1) is 11.2 Å². The number of nitrogens with two attached hydrogens (primary N) is 1. The van der Waals surface area contributed by atoms with Crippen LogP contribution in [0.5, 0.6) is 0 Å². The Balaban J connectivity index is 1.87. The summed E-state index contributed by atoms with van der Waals surface area (Å²) in [4.78, 5) is 21.0. The highest BCUT2D eigenvalue weighted by molar-refractivity contribution is 6.14. The van der Waals surface area contributed by atoms with Gasteiger partial charge in [-0.05, 0) is 37.6 Å². The molecule has 0 saturated heterocycles. The lowest BCUT2D eigenvalue weighted by Crippen LogP contribution is -2.32. The molecule has 0 saturated carbocycles. The predicted octanol–water partition coefficient (Wildman–Crippen LogP) is 5.94. The van der Waals surface area contributed by atoms with Gasteiger partial charge in [-0.2, -0.15) is 13.2 Å². The molecule has 4 aromatic rings. The highest BCUT2D eigenvalue weighted by Crippen LogP contribution is 2.39. The van der Waals surface area contributed by atoms with Crippen molar-refractivity contribution in [2.24, 2.45) is 0 Å². The molecule has 3 aromatic carbocycles. The Hall–Kier alpha value is -4.64. The summed E-state index contributed by atoms with van der Waals surface area (Å²) in [6.45, 7) is 2.78. The smallest absolute Gasteiger partial charge is 0.396 e. The Morgan fingerprint density at radius 1 is 0.949 bits per heavy atom. The highest BCUT2D eigenvalue weighted by Gasteiger charge is 2.36. The Morgan fingerprint density at radius 3 is 2.18 bits per heavy atom. The third-order valence-electron chi connectivity index (χ3n) is 5.91.